The highest BCUT2D eigenvalue weighted by molar-refractivity contribution is 7.09. The number of carbonyl (C=O) groups is 1. The number of nitrogens with one attached hydrogen (secondary N) is 2. The van der Waals surface area contributed by atoms with Gasteiger partial charge in [-0.1, -0.05) is 13.8 Å². The van der Waals surface area contributed by atoms with E-state index in [4.69, 9.17) is 0 Å². The van der Waals surface area contributed by atoms with E-state index in [0.29, 0.717) is 11.4 Å². The van der Waals surface area contributed by atoms with Crippen molar-refractivity contribution in [1.82, 2.24) is 15.3 Å². The first kappa shape index (κ1) is 15.4. The van der Waals surface area contributed by atoms with E-state index in [1.807, 2.05) is 25.3 Å². The topological polar surface area (TPSA) is 66.9 Å². The minimum Gasteiger partial charge on any atom is -0.373 e. The standard InChI is InChI=1S/C15H20N4OS/c1-4-11-8-10(9-13(16-3)18-11)14(20)19-12(5-2)15-17-6-7-21-15/h6-9,12H,4-5H2,1-3H3,(H,16,18)(H,19,20). The van der Waals surface area contributed by atoms with Crippen molar-refractivity contribution in [3.8, 4) is 0 Å². The van der Waals surface area contributed by atoms with Crippen LogP contribution in [0.4, 0.5) is 5.82 Å². The number of aromatic nitrogens is 2. The first-order valence-corrected chi connectivity index (χ1v) is 7.94. The summed E-state index contributed by atoms with van der Waals surface area (Å²) in [7, 11) is 1.80. The van der Waals surface area contributed by atoms with Crippen LogP contribution in [-0.4, -0.2) is 22.9 Å². The van der Waals surface area contributed by atoms with Crippen molar-refractivity contribution in [1.29, 1.82) is 0 Å². The zero-order chi connectivity index (χ0) is 15.2. The first-order valence-electron chi connectivity index (χ1n) is 7.06. The molecule has 2 N–H and O–H groups in total. The van der Waals surface area contributed by atoms with Gasteiger partial charge in [0, 0.05) is 29.9 Å². The molecule has 6 heteroatoms. The number of hydrogen-bond donors (Lipinski definition) is 2. The number of amides is 1. The van der Waals surface area contributed by atoms with Crippen LogP contribution in [0.3, 0.4) is 0 Å². The molecule has 0 saturated heterocycles. The van der Waals surface area contributed by atoms with Crippen LogP contribution in [0.15, 0.2) is 23.7 Å². The van der Waals surface area contributed by atoms with E-state index < -0.39 is 0 Å². The van der Waals surface area contributed by atoms with Crippen molar-refractivity contribution in [2.75, 3.05) is 12.4 Å². The van der Waals surface area contributed by atoms with Gasteiger partial charge in [-0.15, -0.1) is 11.3 Å². The molecule has 1 amide bonds. The number of anilines is 1. The lowest BCUT2D eigenvalue weighted by Gasteiger charge is -2.15. The quantitative estimate of drug-likeness (QED) is 0.861. The summed E-state index contributed by atoms with van der Waals surface area (Å²) in [5.41, 5.74) is 1.52. The largest absolute Gasteiger partial charge is 0.373 e. The Morgan fingerprint density at radius 2 is 2.19 bits per heavy atom. The molecule has 0 spiro atoms. The van der Waals surface area contributed by atoms with Crippen LogP contribution in [0.2, 0.25) is 0 Å². The highest BCUT2D eigenvalue weighted by atomic mass is 32.1. The molecule has 0 fully saturated rings. The Morgan fingerprint density at radius 3 is 2.76 bits per heavy atom. The summed E-state index contributed by atoms with van der Waals surface area (Å²) in [6, 6.07) is 3.56. The normalized spacial score (nSPS) is 12.0. The van der Waals surface area contributed by atoms with Gasteiger partial charge in [0.2, 0.25) is 0 Å². The van der Waals surface area contributed by atoms with E-state index >= 15 is 0 Å². The first-order chi connectivity index (χ1) is 10.2. The minimum atomic E-state index is -0.0920. The average Bonchev–Trinajstić information content (AvgIpc) is 3.05. The zero-order valence-corrected chi connectivity index (χ0v) is 13.3. The second-order valence-corrected chi connectivity index (χ2v) is 5.57. The Bertz CT molecular complexity index is 575. The Kier molecular flexibility index (Phi) is 5.27. The molecule has 0 radical (unpaired) electrons. The Balaban J connectivity index is 2.19. The van der Waals surface area contributed by atoms with Crippen LogP contribution in [0.5, 0.6) is 0 Å². The summed E-state index contributed by atoms with van der Waals surface area (Å²) < 4.78 is 0. The van der Waals surface area contributed by atoms with Gasteiger partial charge in [0.1, 0.15) is 10.8 Å². The monoisotopic (exact) mass is 304 g/mol. The fourth-order valence-corrected chi connectivity index (χ4v) is 2.79. The van der Waals surface area contributed by atoms with E-state index in [-0.39, 0.29) is 11.9 Å². The van der Waals surface area contributed by atoms with Crippen molar-refractivity contribution in [2.45, 2.75) is 32.7 Å². The van der Waals surface area contributed by atoms with Crippen molar-refractivity contribution in [3.63, 3.8) is 0 Å². The Hall–Kier alpha value is -1.95. The molecule has 21 heavy (non-hydrogen) atoms. The molecule has 0 aromatic carbocycles. The molecule has 0 bridgehead atoms. The number of aryl methyl sites for hydroxylation is 1. The molecule has 0 aliphatic heterocycles. The fourth-order valence-electron chi connectivity index (χ4n) is 2.01. The van der Waals surface area contributed by atoms with Crippen molar-refractivity contribution in [2.24, 2.45) is 0 Å². The molecule has 0 aliphatic carbocycles. The number of rotatable bonds is 6. The van der Waals surface area contributed by atoms with Crippen LogP contribution in [0, 0.1) is 0 Å². The second-order valence-electron chi connectivity index (χ2n) is 4.64. The number of pyridine rings is 1. The van der Waals surface area contributed by atoms with Crippen LogP contribution in [0.25, 0.3) is 0 Å². The van der Waals surface area contributed by atoms with Gasteiger partial charge < -0.3 is 10.6 Å². The number of thiazole rings is 1. The average molecular weight is 304 g/mol. The van der Waals surface area contributed by atoms with Gasteiger partial charge >= 0.3 is 0 Å². The Morgan fingerprint density at radius 1 is 1.38 bits per heavy atom. The van der Waals surface area contributed by atoms with Gasteiger partial charge in [-0.05, 0) is 25.0 Å². The molecule has 2 aromatic heterocycles. The van der Waals surface area contributed by atoms with Crippen molar-refractivity contribution < 1.29 is 4.79 Å². The molecule has 1 unspecified atom stereocenters. The molecule has 2 aromatic rings. The smallest absolute Gasteiger partial charge is 0.252 e. The van der Waals surface area contributed by atoms with Crippen LogP contribution in [-0.2, 0) is 6.42 Å². The van der Waals surface area contributed by atoms with E-state index in [1.165, 1.54) is 0 Å². The zero-order valence-electron chi connectivity index (χ0n) is 12.5. The summed E-state index contributed by atoms with van der Waals surface area (Å²) in [5, 5.41) is 8.89. The van der Waals surface area contributed by atoms with Gasteiger partial charge in [-0.3, -0.25) is 4.79 Å². The molecule has 1 atom stereocenters. The number of carbonyl (C=O) groups excluding carboxylic acids is 1. The fraction of sp³-hybridized carbons (Fsp3) is 0.400. The molecule has 5 nitrogen and oxygen atoms in total. The third-order valence-electron chi connectivity index (χ3n) is 3.22. The molecular formula is C15H20N4OS. The molecule has 0 aliphatic rings. The van der Waals surface area contributed by atoms with Gasteiger partial charge in [0.25, 0.3) is 5.91 Å². The van der Waals surface area contributed by atoms with Crippen molar-refractivity contribution >= 4 is 23.1 Å². The summed E-state index contributed by atoms with van der Waals surface area (Å²) in [6.45, 7) is 4.06. The highest BCUT2D eigenvalue weighted by Crippen LogP contribution is 2.20. The predicted octanol–water partition coefficient (Wildman–Crippen LogP) is 3.02. The van der Waals surface area contributed by atoms with Crippen LogP contribution < -0.4 is 10.6 Å². The SMILES string of the molecule is CCc1cc(C(=O)NC(CC)c2nccs2)cc(NC)n1. The summed E-state index contributed by atoms with van der Waals surface area (Å²) in [5.74, 6) is 0.618. The molecule has 0 saturated carbocycles. The lowest BCUT2D eigenvalue weighted by atomic mass is 10.1. The molecular weight excluding hydrogens is 284 g/mol. The third kappa shape index (κ3) is 3.78. The minimum absolute atomic E-state index is 0.0474. The number of hydrogen-bond acceptors (Lipinski definition) is 5. The maximum absolute atomic E-state index is 12.5. The Labute approximate surface area is 128 Å². The lowest BCUT2D eigenvalue weighted by molar-refractivity contribution is 0.0935. The van der Waals surface area contributed by atoms with Gasteiger partial charge in [-0.2, -0.15) is 0 Å². The maximum Gasteiger partial charge on any atom is 0.252 e. The summed E-state index contributed by atoms with van der Waals surface area (Å²) in [4.78, 5) is 21.1. The number of nitrogens with zero attached hydrogens (tertiary/aromatic N) is 2. The molecule has 2 rings (SSSR count). The summed E-state index contributed by atoms with van der Waals surface area (Å²) >= 11 is 1.56. The second kappa shape index (κ2) is 7.17. The van der Waals surface area contributed by atoms with Crippen LogP contribution in [0.1, 0.15) is 47.4 Å². The third-order valence-corrected chi connectivity index (χ3v) is 4.11. The maximum atomic E-state index is 12.5. The van der Waals surface area contributed by atoms with E-state index in [0.717, 1.165) is 23.5 Å². The van der Waals surface area contributed by atoms with E-state index in [9.17, 15) is 4.79 Å². The van der Waals surface area contributed by atoms with E-state index in [1.54, 1.807) is 30.6 Å². The van der Waals surface area contributed by atoms with Gasteiger partial charge in [-0.25, -0.2) is 9.97 Å². The van der Waals surface area contributed by atoms with Crippen molar-refractivity contribution in [3.05, 3.63) is 40.0 Å². The predicted molar refractivity (Wildman–Crippen MR) is 85.8 cm³/mol. The summed E-state index contributed by atoms with van der Waals surface area (Å²) in [6.07, 6.45) is 3.36. The lowest BCUT2D eigenvalue weighted by Crippen LogP contribution is -2.28. The van der Waals surface area contributed by atoms with Gasteiger partial charge in [0.05, 0.1) is 6.04 Å². The molecule has 2 heterocycles. The highest BCUT2D eigenvalue weighted by Gasteiger charge is 2.17. The van der Waals surface area contributed by atoms with Gasteiger partial charge in [0.15, 0.2) is 0 Å². The molecule has 112 valence electrons. The van der Waals surface area contributed by atoms with Crippen LogP contribution >= 0.6 is 11.3 Å². The van der Waals surface area contributed by atoms with E-state index in [2.05, 4.69) is 20.6 Å².